The van der Waals surface area contributed by atoms with Gasteiger partial charge < -0.3 is 15.4 Å². The number of non-ortho nitro benzene ring substituents is 1. The number of nitrogens with one attached hydrogen (secondary N) is 2. The van der Waals surface area contributed by atoms with Gasteiger partial charge in [0, 0.05) is 45.5 Å². The van der Waals surface area contributed by atoms with Crippen LogP contribution in [0.4, 0.5) is 5.69 Å². The minimum absolute atomic E-state index is 0.0951. The quantitative estimate of drug-likeness (QED) is 0.239. The maximum Gasteiger partial charge on any atom is 0.269 e. The largest absolute Gasteiger partial charge is 0.381 e. The lowest BCUT2D eigenvalue weighted by Crippen LogP contribution is -2.37. The lowest BCUT2D eigenvalue weighted by Gasteiger charge is -2.12. The van der Waals surface area contributed by atoms with Gasteiger partial charge in [-0.3, -0.25) is 15.1 Å². The van der Waals surface area contributed by atoms with E-state index in [-0.39, 0.29) is 5.69 Å². The lowest BCUT2D eigenvalue weighted by atomic mass is 10.2. The second kappa shape index (κ2) is 10.6. The molecule has 23 heavy (non-hydrogen) atoms. The van der Waals surface area contributed by atoms with Gasteiger partial charge in [0.05, 0.1) is 4.92 Å². The molecular weight excluding hydrogens is 296 g/mol. The van der Waals surface area contributed by atoms with E-state index < -0.39 is 4.92 Å². The van der Waals surface area contributed by atoms with Crippen LogP contribution in [-0.2, 0) is 11.3 Å². The summed E-state index contributed by atoms with van der Waals surface area (Å²) in [5.41, 5.74) is 1.05. The minimum Gasteiger partial charge on any atom is -0.381 e. The molecule has 0 spiro atoms. The van der Waals surface area contributed by atoms with Crippen LogP contribution in [0.3, 0.4) is 0 Å². The highest BCUT2D eigenvalue weighted by Gasteiger charge is 2.04. The van der Waals surface area contributed by atoms with Crippen LogP contribution in [0.5, 0.6) is 0 Å². The second-order valence-corrected chi connectivity index (χ2v) is 5.60. The maximum atomic E-state index is 10.6. The Kier molecular flexibility index (Phi) is 8.67. The first-order valence-electron chi connectivity index (χ1n) is 7.78. The van der Waals surface area contributed by atoms with Gasteiger partial charge in [-0.15, -0.1) is 0 Å². The zero-order valence-corrected chi connectivity index (χ0v) is 14.0. The highest BCUT2D eigenvalue weighted by Crippen LogP contribution is 2.11. The van der Waals surface area contributed by atoms with Gasteiger partial charge in [0.2, 0.25) is 0 Å². The zero-order chi connectivity index (χ0) is 17.1. The lowest BCUT2D eigenvalue weighted by molar-refractivity contribution is -0.384. The number of benzene rings is 1. The molecule has 7 nitrogen and oxygen atoms in total. The highest BCUT2D eigenvalue weighted by atomic mass is 16.6. The Labute approximate surface area is 137 Å². The van der Waals surface area contributed by atoms with Crippen LogP contribution in [0, 0.1) is 16.0 Å². The molecule has 0 saturated carbocycles. The third-order valence-electron chi connectivity index (χ3n) is 3.04. The Morgan fingerprint density at radius 2 is 2.00 bits per heavy atom. The Morgan fingerprint density at radius 3 is 2.57 bits per heavy atom. The third-order valence-corrected chi connectivity index (χ3v) is 3.04. The van der Waals surface area contributed by atoms with Crippen molar-refractivity contribution >= 4 is 11.6 Å². The fraction of sp³-hybridized carbons (Fsp3) is 0.562. The normalized spacial score (nSPS) is 11.6. The molecule has 7 heteroatoms. The molecule has 0 radical (unpaired) electrons. The van der Waals surface area contributed by atoms with E-state index in [1.807, 2.05) is 0 Å². The van der Waals surface area contributed by atoms with Gasteiger partial charge in [-0.25, -0.2) is 0 Å². The molecule has 0 amide bonds. The molecule has 0 unspecified atom stereocenters. The molecule has 1 rings (SSSR count). The summed E-state index contributed by atoms with van der Waals surface area (Å²) in [5.74, 6) is 1.26. The molecule has 2 N–H and O–H groups in total. The number of hydrogen-bond acceptors (Lipinski definition) is 4. The van der Waals surface area contributed by atoms with E-state index in [1.54, 1.807) is 19.2 Å². The number of nitro benzene ring substituents is 1. The standard InChI is InChI=1S/C16H26N4O3/c1-13(2)12-23-10-4-9-18-16(17-3)19-11-14-5-7-15(8-6-14)20(21)22/h5-8,13H,4,9-12H2,1-3H3,(H2,17,18,19). The summed E-state index contributed by atoms with van der Waals surface area (Å²) >= 11 is 0. The van der Waals surface area contributed by atoms with Crippen LogP contribution in [0.25, 0.3) is 0 Å². The number of nitro groups is 1. The van der Waals surface area contributed by atoms with E-state index in [1.165, 1.54) is 12.1 Å². The van der Waals surface area contributed by atoms with Crippen LogP contribution >= 0.6 is 0 Å². The van der Waals surface area contributed by atoms with Crippen molar-refractivity contribution < 1.29 is 9.66 Å². The average molecular weight is 322 g/mol. The van der Waals surface area contributed by atoms with E-state index in [4.69, 9.17) is 4.74 Å². The van der Waals surface area contributed by atoms with Gasteiger partial charge in [0.1, 0.15) is 0 Å². The molecule has 0 saturated heterocycles. The fourth-order valence-electron chi connectivity index (χ4n) is 1.84. The van der Waals surface area contributed by atoms with Crippen LogP contribution in [0.2, 0.25) is 0 Å². The third kappa shape index (κ3) is 8.15. The molecule has 1 aromatic rings. The summed E-state index contributed by atoms with van der Waals surface area (Å²) in [5, 5.41) is 17.0. The Morgan fingerprint density at radius 1 is 1.30 bits per heavy atom. The molecular formula is C16H26N4O3. The Balaban J connectivity index is 2.24. The van der Waals surface area contributed by atoms with Crippen molar-refractivity contribution in [3.63, 3.8) is 0 Å². The molecule has 0 aliphatic rings. The van der Waals surface area contributed by atoms with Gasteiger partial charge in [0.25, 0.3) is 5.69 Å². The summed E-state index contributed by atoms with van der Waals surface area (Å²) in [6.07, 6.45) is 0.908. The maximum absolute atomic E-state index is 10.6. The van der Waals surface area contributed by atoms with Gasteiger partial charge >= 0.3 is 0 Å². The van der Waals surface area contributed by atoms with Gasteiger partial charge in [-0.2, -0.15) is 0 Å². The zero-order valence-electron chi connectivity index (χ0n) is 14.0. The van der Waals surface area contributed by atoms with Crippen molar-refractivity contribution in [3.8, 4) is 0 Å². The predicted molar refractivity (Wildman–Crippen MR) is 91.6 cm³/mol. The summed E-state index contributed by atoms with van der Waals surface area (Å²) < 4.78 is 5.52. The van der Waals surface area contributed by atoms with Crippen molar-refractivity contribution in [1.82, 2.24) is 10.6 Å². The van der Waals surface area contributed by atoms with E-state index in [9.17, 15) is 10.1 Å². The number of aliphatic imine (C=N–C) groups is 1. The number of guanidine groups is 1. The molecule has 0 heterocycles. The molecule has 0 aromatic heterocycles. The number of ether oxygens (including phenoxy) is 1. The van der Waals surface area contributed by atoms with Crippen molar-refractivity contribution in [2.45, 2.75) is 26.8 Å². The fourth-order valence-corrected chi connectivity index (χ4v) is 1.84. The molecule has 1 aromatic carbocycles. The van der Waals surface area contributed by atoms with Crippen LogP contribution < -0.4 is 10.6 Å². The Hall–Kier alpha value is -2.15. The van der Waals surface area contributed by atoms with E-state index in [2.05, 4.69) is 29.5 Å². The van der Waals surface area contributed by atoms with Gasteiger partial charge in [0.15, 0.2) is 5.96 Å². The number of nitrogens with zero attached hydrogens (tertiary/aromatic N) is 2. The first kappa shape index (κ1) is 18.9. The smallest absolute Gasteiger partial charge is 0.269 e. The first-order valence-corrected chi connectivity index (χ1v) is 7.78. The molecule has 0 aliphatic heterocycles. The summed E-state index contributed by atoms with van der Waals surface area (Å²) in [4.78, 5) is 14.3. The average Bonchev–Trinajstić information content (AvgIpc) is 2.53. The summed E-state index contributed by atoms with van der Waals surface area (Å²) in [7, 11) is 1.71. The molecule has 0 fully saturated rings. The monoisotopic (exact) mass is 322 g/mol. The van der Waals surface area contributed by atoms with Gasteiger partial charge in [-0.05, 0) is 17.9 Å². The first-order chi connectivity index (χ1) is 11.0. The van der Waals surface area contributed by atoms with Crippen LogP contribution in [0.1, 0.15) is 25.8 Å². The Bertz CT molecular complexity index is 501. The topological polar surface area (TPSA) is 88.8 Å². The van der Waals surface area contributed by atoms with Crippen molar-refractivity contribution in [2.24, 2.45) is 10.9 Å². The second-order valence-electron chi connectivity index (χ2n) is 5.60. The summed E-state index contributed by atoms with van der Waals surface area (Å²) in [6, 6.07) is 6.47. The molecule has 0 aliphatic carbocycles. The van der Waals surface area contributed by atoms with Crippen LogP contribution in [-0.4, -0.2) is 37.7 Å². The van der Waals surface area contributed by atoms with E-state index >= 15 is 0 Å². The minimum atomic E-state index is -0.404. The highest BCUT2D eigenvalue weighted by molar-refractivity contribution is 5.79. The molecule has 0 atom stereocenters. The van der Waals surface area contributed by atoms with Crippen LogP contribution in [0.15, 0.2) is 29.3 Å². The molecule has 0 bridgehead atoms. The van der Waals surface area contributed by atoms with Gasteiger partial charge in [-0.1, -0.05) is 26.0 Å². The molecule has 128 valence electrons. The number of hydrogen-bond donors (Lipinski definition) is 2. The summed E-state index contributed by atoms with van der Waals surface area (Å²) in [6.45, 7) is 7.10. The van der Waals surface area contributed by atoms with E-state index in [0.29, 0.717) is 18.4 Å². The van der Waals surface area contributed by atoms with Crippen molar-refractivity contribution in [2.75, 3.05) is 26.8 Å². The van der Waals surface area contributed by atoms with Crippen molar-refractivity contribution in [3.05, 3.63) is 39.9 Å². The predicted octanol–water partition coefficient (Wildman–Crippen LogP) is 2.32. The van der Waals surface area contributed by atoms with E-state index in [0.717, 1.165) is 31.7 Å². The van der Waals surface area contributed by atoms with Crippen molar-refractivity contribution in [1.29, 1.82) is 0 Å². The number of rotatable bonds is 9. The SMILES string of the molecule is CN=C(NCCCOCC(C)C)NCc1ccc([N+](=O)[O-])cc1.